The Labute approximate surface area is 308 Å². The van der Waals surface area contributed by atoms with E-state index in [1.54, 1.807) is 42.5 Å². The molecule has 252 valence electrons. The molecule has 0 spiro atoms. The van der Waals surface area contributed by atoms with E-state index < -0.39 is 17.1 Å². The number of anilines is 2. The molecule has 0 fully saturated rings. The van der Waals surface area contributed by atoms with Gasteiger partial charge in [0, 0.05) is 26.3 Å². The van der Waals surface area contributed by atoms with Gasteiger partial charge in [-0.15, -0.1) is 11.8 Å². The van der Waals surface area contributed by atoms with Gasteiger partial charge in [-0.25, -0.2) is 0 Å². The van der Waals surface area contributed by atoms with Crippen LogP contribution in [-0.4, -0.2) is 17.7 Å². The second-order valence-electron chi connectivity index (χ2n) is 11.2. The zero-order valence-corrected chi connectivity index (χ0v) is 29.6. The van der Waals surface area contributed by atoms with Crippen molar-refractivity contribution in [3.63, 3.8) is 0 Å². The molecule has 0 aromatic heterocycles. The molecule has 0 heterocycles. The molecule has 9 heteroatoms. The van der Waals surface area contributed by atoms with Crippen molar-refractivity contribution < 1.29 is 19.1 Å². The molecule has 3 amide bonds. The van der Waals surface area contributed by atoms with Gasteiger partial charge in [-0.05, 0) is 102 Å². The molecule has 1 unspecified atom stereocenters. The third-order valence-corrected chi connectivity index (χ3v) is 9.26. The van der Waals surface area contributed by atoms with Crippen molar-refractivity contribution in [2.45, 2.75) is 10.1 Å². The van der Waals surface area contributed by atoms with E-state index in [4.69, 9.17) is 4.74 Å². The molecule has 0 aliphatic heterocycles. The maximum absolute atomic E-state index is 13.7. The molecule has 7 nitrogen and oxygen atoms in total. The molecule has 0 bridgehead atoms. The maximum atomic E-state index is 13.7. The molecule has 0 aliphatic rings. The fraction of sp³-hybridized carbons (Fsp3) is 0.0238. The standard InChI is InChI=1S/C42H32BrN3O4S/c43-32-16-10-11-29(27-32)28-38(46-40(47)31-14-6-2-7-15-31)41(48)44-34-21-25-37(26-22-34)51-39(30-12-4-1-5-13-30)42(49)45-33-19-23-36(24-20-33)50-35-17-8-3-9-18-35/h1-28,39H,(H,44,48)(H,45,49)(H,46,47)/b38-28-. The minimum absolute atomic E-state index is 0.0841. The van der Waals surface area contributed by atoms with Gasteiger partial charge in [0.05, 0.1) is 0 Å². The Kier molecular flexibility index (Phi) is 11.8. The Hall–Kier alpha value is -5.90. The average molecular weight is 755 g/mol. The minimum atomic E-state index is -0.556. The molecule has 6 aromatic carbocycles. The topological polar surface area (TPSA) is 96.5 Å². The smallest absolute Gasteiger partial charge is 0.272 e. The van der Waals surface area contributed by atoms with Gasteiger partial charge in [-0.3, -0.25) is 14.4 Å². The molecule has 51 heavy (non-hydrogen) atoms. The van der Waals surface area contributed by atoms with Gasteiger partial charge in [0.15, 0.2) is 0 Å². The zero-order valence-electron chi connectivity index (χ0n) is 27.2. The summed E-state index contributed by atoms with van der Waals surface area (Å²) in [7, 11) is 0. The number of ether oxygens (including phenoxy) is 1. The third-order valence-electron chi connectivity index (χ3n) is 7.50. The highest BCUT2D eigenvalue weighted by Gasteiger charge is 2.23. The van der Waals surface area contributed by atoms with Crippen molar-refractivity contribution in [2.24, 2.45) is 0 Å². The van der Waals surface area contributed by atoms with E-state index in [1.165, 1.54) is 11.8 Å². The van der Waals surface area contributed by atoms with E-state index in [9.17, 15) is 14.4 Å². The summed E-state index contributed by atoms with van der Waals surface area (Å²) in [5.41, 5.74) is 3.26. The summed E-state index contributed by atoms with van der Waals surface area (Å²) in [6.07, 6.45) is 1.62. The van der Waals surface area contributed by atoms with E-state index in [2.05, 4.69) is 31.9 Å². The Morgan fingerprint density at radius 2 is 1.22 bits per heavy atom. The quantitative estimate of drug-likeness (QED) is 0.0854. The number of para-hydroxylation sites is 1. The Morgan fingerprint density at radius 1 is 0.627 bits per heavy atom. The molecular formula is C42H32BrN3O4S. The lowest BCUT2D eigenvalue weighted by atomic mass is 10.1. The van der Waals surface area contributed by atoms with Gasteiger partial charge in [0.1, 0.15) is 22.4 Å². The molecular weight excluding hydrogens is 722 g/mol. The number of amides is 3. The number of carbonyl (C=O) groups is 3. The predicted octanol–water partition coefficient (Wildman–Crippen LogP) is 10.1. The molecule has 1 atom stereocenters. The van der Waals surface area contributed by atoms with Gasteiger partial charge in [0.2, 0.25) is 5.91 Å². The SMILES string of the molecule is O=C(Nc1ccc(SC(C(=O)Nc2ccc(Oc3ccccc3)cc2)c2ccccc2)cc1)/C(=C/c1cccc(Br)c1)NC(=O)c1ccccc1. The van der Waals surface area contributed by atoms with Crippen molar-refractivity contribution in [3.05, 3.63) is 191 Å². The van der Waals surface area contributed by atoms with Crippen LogP contribution in [0.1, 0.15) is 26.7 Å². The van der Waals surface area contributed by atoms with Crippen LogP contribution in [0.15, 0.2) is 179 Å². The highest BCUT2D eigenvalue weighted by Crippen LogP contribution is 2.37. The predicted molar refractivity (Wildman–Crippen MR) is 208 cm³/mol. The van der Waals surface area contributed by atoms with Gasteiger partial charge in [-0.2, -0.15) is 0 Å². The van der Waals surface area contributed by atoms with Crippen LogP contribution in [0.3, 0.4) is 0 Å². The largest absolute Gasteiger partial charge is 0.457 e. The number of nitrogens with one attached hydrogen (secondary N) is 3. The van der Waals surface area contributed by atoms with Crippen LogP contribution in [0.2, 0.25) is 0 Å². The Morgan fingerprint density at radius 3 is 1.88 bits per heavy atom. The van der Waals surface area contributed by atoms with Crippen LogP contribution in [0.5, 0.6) is 11.5 Å². The maximum Gasteiger partial charge on any atom is 0.272 e. The van der Waals surface area contributed by atoms with Crippen molar-refractivity contribution in [1.82, 2.24) is 5.32 Å². The second kappa shape index (κ2) is 17.2. The first-order valence-corrected chi connectivity index (χ1v) is 17.7. The molecule has 0 saturated heterocycles. The summed E-state index contributed by atoms with van der Waals surface area (Å²) < 4.78 is 6.72. The average Bonchev–Trinajstić information content (AvgIpc) is 3.16. The van der Waals surface area contributed by atoms with E-state index in [0.29, 0.717) is 22.7 Å². The van der Waals surface area contributed by atoms with Crippen molar-refractivity contribution in [1.29, 1.82) is 0 Å². The van der Waals surface area contributed by atoms with Gasteiger partial charge >= 0.3 is 0 Å². The Balaban J connectivity index is 1.15. The van der Waals surface area contributed by atoms with Crippen LogP contribution in [0.25, 0.3) is 6.08 Å². The summed E-state index contributed by atoms with van der Waals surface area (Å²) in [6, 6.07) is 49.6. The highest BCUT2D eigenvalue weighted by atomic mass is 79.9. The second-order valence-corrected chi connectivity index (χ2v) is 13.3. The molecule has 6 rings (SSSR count). The third kappa shape index (κ3) is 10.1. The van der Waals surface area contributed by atoms with Crippen LogP contribution < -0.4 is 20.7 Å². The first kappa shape index (κ1) is 34.9. The van der Waals surface area contributed by atoms with Crippen LogP contribution in [-0.2, 0) is 9.59 Å². The van der Waals surface area contributed by atoms with Gasteiger partial charge < -0.3 is 20.7 Å². The van der Waals surface area contributed by atoms with E-state index in [0.717, 1.165) is 26.2 Å². The molecule has 0 saturated carbocycles. The number of halogens is 1. The summed E-state index contributed by atoms with van der Waals surface area (Å²) in [5, 5.41) is 8.13. The summed E-state index contributed by atoms with van der Waals surface area (Å²) in [6.45, 7) is 0. The van der Waals surface area contributed by atoms with Gasteiger partial charge in [0.25, 0.3) is 11.8 Å². The summed E-state index contributed by atoms with van der Waals surface area (Å²) in [5.74, 6) is 0.320. The van der Waals surface area contributed by atoms with Crippen molar-refractivity contribution in [2.75, 3.05) is 10.6 Å². The van der Waals surface area contributed by atoms with Crippen LogP contribution in [0.4, 0.5) is 11.4 Å². The van der Waals surface area contributed by atoms with E-state index in [-0.39, 0.29) is 11.6 Å². The number of benzene rings is 6. The van der Waals surface area contributed by atoms with Crippen molar-refractivity contribution in [3.8, 4) is 11.5 Å². The fourth-order valence-corrected chi connectivity index (χ4v) is 6.44. The van der Waals surface area contributed by atoms with Gasteiger partial charge in [-0.1, -0.05) is 94.8 Å². The van der Waals surface area contributed by atoms with E-state index in [1.807, 2.05) is 127 Å². The number of thioether (sulfide) groups is 1. The molecule has 3 N–H and O–H groups in total. The first-order valence-electron chi connectivity index (χ1n) is 16.0. The number of carbonyl (C=O) groups excluding carboxylic acids is 3. The highest BCUT2D eigenvalue weighted by molar-refractivity contribution is 9.10. The summed E-state index contributed by atoms with van der Waals surface area (Å²) >= 11 is 4.85. The lowest BCUT2D eigenvalue weighted by molar-refractivity contribution is -0.116. The summed E-state index contributed by atoms with van der Waals surface area (Å²) in [4.78, 5) is 41.0. The monoisotopic (exact) mass is 753 g/mol. The first-order chi connectivity index (χ1) is 24.9. The van der Waals surface area contributed by atoms with E-state index >= 15 is 0 Å². The lowest BCUT2D eigenvalue weighted by Crippen LogP contribution is -2.30. The van der Waals surface area contributed by atoms with Crippen LogP contribution >= 0.6 is 27.7 Å². The van der Waals surface area contributed by atoms with Crippen LogP contribution in [0, 0.1) is 0 Å². The Bertz CT molecular complexity index is 2130. The molecule has 6 aromatic rings. The molecule has 0 radical (unpaired) electrons. The molecule has 0 aliphatic carbocycles. The van der Waals surface area contributed by atoms with Crippen molar-refractivity contribution >= 4 is 62.9 Å². The number of rotatable bonds is 12. The fourth-order valence-electron chi connectivity index (χ4n) is 5.00. The number of hydrogen-bond acceptors (Lipinski definition) is 5. The number of hydrogen-bond donors (Lipinski definition) is 3. The zero-order chi connectivity index (χ0) is 35.4. The lowest BCUT2D eigenvalue weighted by Gasteiger charge is -2.18. The minimum Gasteiger partial charge on any atom is -0.457 e. The normalized spacial score (nSPS) is 11.6.